The number of amides is 1. The number of hydrogen-bond donors (Lipinski definition) is 1. The van der Waals surface area contributed by atoms with Crippen molar-refractivity contribution in [3.05, 3.63) is 17.8 Å². The Morgan fingerprint density at radius 1 is 1.64 bits per heavy atom. The fourth-order valence-electron chi connectivity index (χ4n) is 0.549. The highest BCUT2D eigenvalue weighted by atomic mass is 16.4. The van der Waals surface area contributed by atoms with E-state index >= 15 is 0 Å². The van der Waals surface area contributed by atoms with Crippen LogP contribution in [0.4, 0.5) is 0 Å². The molecule has 1 heterocycles. The number of carbonyl (C=O) groups excluding carboxylic acids is 2. The number of oxazole rings is 1. The lowest BCUT2D eigenvalue weighted by Gasteiger charge is -1.81. The average Bonchev–Trinajstić information content (AvgIpc) is 2.33. The van der Waals surface area contributed by atoms with Gasteiger partial charge in [-0.15, -0.1) is 0 Å². The first-order valence-electron chi connectivity index (χ1n) is 2.87. The van der Waals surface area contributed by atoms with Gasteiger partial charge in [0.25, 0.3) is 5.89 Å². The van der Waals surface area contributed by atoms with Crippen LogP contribution in [0.5, 0.6) is 0 Å². The van der Waals surface area contributed by atoms with E-state index in [0.717, 1.165) is 6.26 Å². The van der Waals surface area contributed by atoms with Crippen molar-refractivity contribution in [3.63, 3.8) is 0 Å². The number of aromatic nitrogens is 1. The van der Waals surface area contributed by atoms with Crippen LogP contribution in [0.2, 0.25) is 0 Å². The predicted octanol–water partition coefficient (Wildman–Crippen LogP) is -0.0239. The number of nitrogens with zero attached hydrogens (tertiary/aromatic N) is 1. The molecule has 2 N–H and O–H groups in total. The third kappa shape index (κ3) is 1.43. The summed E-state index contributed by atoms with van der Waals surface area (Å²) in [5.41, 5.74) is 4.93. The zero-order chi connectivity index (χ0) is 8.43. The van der Waals surface area contributed by atoms with Gasteiger partial charge in [-0.3, -0.25) is 9.59 Å². The second-order valence-corrected chi connectivity index (χ2v) is 1.96. The molecule has 0 spiro atoms. The van der Waals surface area contributed by atoms with Crippen LogP contribution in [-0.4, -0.2) is 16.7 Å². The second-order valence-electron chi connectivity index (χ2n) is 1.96. The fraction of sp³-hybridized carbons (Fsp3) is 0.167. The minimum atomic E-state index is -0.780. The van der Waals surface area contributed by atoms with Crippen LogP contribution in [0.25, 0.3) is 0 Å². The van der Waals surface area contributed by atoms with Gasteiger partial charge in [0, 0.05) is 6.92 Å². The van der Waals surface area contributed by atoms with Gasteiger partial charge in [0.15, 0.2) is 5.78 Å². The van der Waals surface area contributed by atoms with Gasteiger partial charge < -0.3 is 10.2 Å². The van der Waals surface area contributed by atoms with Crippen molar-refractivity contribution >= 4 is 11.7 Å². The van der Waals surface area contributed by atoms with E-state index in [1.807, 2.05) is 0 Å². The van der Waals surface area contributed by atoms with Gasteiger partial charge in [0.1, 0.15) is 12.0 Å². The van der Waals surface area contributed by atoms with E-state index in [1.54, 1.807) is 0 Å². The Morgan fingerprint density at radius 3 is 2.55 bits per heavy atom. The molecule has 1 aromatic heterocycles. The van der Waals surface area contributed by atoms with Gasteiger partial charge in [0.2, 0.25) is 0 Å². The minimum Gasteiger partial charge on any atom is -0.440 e. The Kier molecular flexibility index (Phi) is 1.72. The predicted molar refractivity (Wildman–Crippen MR) is 35.0 cm³/mol. The van der Waals surface area contributed by atoms with Crippen molar-refractivity contribution in [1.82, 2.24) is 4.98 Å². The van der Waals surface area contributed by atoms with E-state index in [0.29, 0.717) is 0 Å². The van der Waals surface area contributed by atoms with Crippen molar-refractivity contribution in [1.29, 1.82) is 0 Å². The standard InChI is InChI=1S/C6H6N2O3/c1-3(9)4-2-11-6(8-4)5(7)10/h2H,1H3,(H2,7,10). The molecule has 0 atom stereocenters. The van der Waals surface area contributed by atoms with Gasteiger partial charge in [-0.05, 0) is 0 Å². The first-order chi connectivity index (χ1) is 5.11. The molecule has 0 radical (unpaired) electrons. The molecule has 1 amide bonds. The van der Waals surface area contributed by atoms with E-state index in [1.165, 1.54) is 6.92 Å². The van der Waals surface area contributed by atoms with Crippen molar-refractivity contribution in [2.24, 2.45) is 5.73 Å². The van der Waals surface area contributed by atoms with Crippen LogP contribution < -0.4 is 5.73 Å². The Bertz CT molecular complexity index is 274. The molecule has 0 aliphatic heterocycles. The minimum absolute atomic E-state index is 0.110. The molecule has 5 nitrogen and oxygen atoms in total. The van der Waals surface area contributed by atoms with Gasteiger partial charge >= 0.3 is 5.91 Å². The van der Waals surface area contributed by atoms with E-state index < -0.39 is 5.91 Å². The fourth-order valence-corrected chi connectivity index (χ4v) is 0.549. The summed E-state index contributed by atoms with van der Waals surface area (Å²) in [6.07, 6.45) is 1.10. The molecule has 5 heteroatoms. The van der Waals surface area contributed by atoms with E-state index in [-0.39, 0.29) is 17.4 Å². The molecule has 0 bridgehead atoms. The third-order valence-electron chi connectivity index (χ3n) is 1.08. The molecule has 0 fully saturated rings. The zero-order valence-corrected chi connectivity index (χ0v) is 5.83. The van der Waals surface area contributed by atoms with Gasteiger partial charge in [0.05, 0.1) is 0 Å². The smallest absolute Gasteiger partial charge is 0.304 e. The summed E-state index contributed by atoms with van der Waals surface area (Å²) in [4.78, 5) is 24.5. The molecule has 0 aliphatic carbocycles. The van der Waals surface area contributed by atoms with Crippen molar-refractivity contribution < 1.29 is 14.0 Å². The van der Waals surface area contributed by atoms with Gasteiger partial charge in [-0.1, -0.05) is 0 Å². The van der Waals surface area contributed by atoms with Crippen LogP contribution in [-0.2, 0) is 0 Å². The normalized spacial score (nSPS) is 9.55. The lowest BCUT2D eigenvalue weighted by atomic mass is 10.3. The van der Waals surface area contributed by atoms with Crippen molar-refractivity contribution in [2.45, 2.75) is 6.92 Å². The molecule has 1 aromatic rings. The molecule has 0 unspecified atom stereocenters. The molecule has 1 rings (SSSR count). The molecule has 0 aromatic carbocycles. The summed E-state index contributed by atoms with van der Waals surface area (Å²) in [6.45, 7) is 1.32. The molecule has 0 aliphatic rings. The highest BCUT2D eigenvalue weighted by molar-refractivity contribution is 5.94. The van der Waals surface area contributed by atoms with E-state index in [2.05, 4.69) is 9.40 Å². The Balaban J connectivity index is 2.99. The number of carbonyl (C=O) groups is 2. The lowest BCUT2D eigenvalue weighted by molar-refractivity contribution is 0.0967. The summed E-state index contributed by atoms with van der Waals surface area (Å²) in [6, 6.07) is 0. The highest BCUT2D eigenvalue weighted by Gasteiger charge is 2.10. The van der Waals surface area contributed by atoms with Crippen LogP contribution in [0, 0.1) is 0 Å². The summed E-state index contributed by atoms with van der Waals surface area (Å²) in [5.74, 6) is -1.28. The monoisotopic (exact) mass is 154 g/mol. The number of ketones is 1. The Morgan fingerprint density at radius 2 is 2.27 bits per heavy atom. The first-order valence-corrected chi connectivity index (χ1v) is 2.87. The highest BCUT2D eigenvalue weighted by Crippen LogP contribution is 2.00. The van der Waals surface area contributed by atoms with E-state index in [4.69, 9.17) is 5.73 Å². The maximum atomic E-state index is 10.6. The zero-order valence-electron chi connectivity index (χ0n) is 5.83. The Labute approximate surface area is 62.2 Å². The molecule has 11 heavy (non-hydrogen) atoms. The van der Waals surface area contributed by atoms with Crippen LogP contribution in [0.3, 0.4) is 0 Å². The van der Waals surface area contributed by atoms with Gasteiger partial charge in [-0.25, -0.2) is 4.98 Å². The number of hydrogen-bond acceptors (Lipinski definition) is 4. The molecule has 58 valence electrons. The molecular formula is C6H6N2O3. The van der Waals surface area contributed by atoms with Crippen molar-refractivity contribution in [2.75, 3.05) is 0 Å². The quantitative estimate of drug-likeness (QED) is 0.606. The van der Waals surface area contributed by atoms with E-state index in [9.17, 15) is 9.59 Å². The maximum Gasteiger partial charge on any atom is 0.304 e. The summed E-state index contributed by atoms with van der Waals surface area (Å²) >= 11 is 0. The second kappa shape index (κ2) is 2.53. The maximum absolute atomic E-state index is 10.6. The average molecular weight is 154 g/mol. The number of rotatable bonds is 2. The van der Waals surface area contributed by atoms with Crippen LogP contribution >= 0.6 is 0 Å². The van der Waals surface area contributed by atoms with Crippen LogP contribution in [0.1, 0.15) is 28.1 Å². The summed E-state index contributed by atoms with van der Waals surface area (Å²) < 4.78 is 4.58. The number of primary amides is 1. The summed E-state index contributed by atoms with van der Waals surface area (Å²) in [7, 11) is 0. The first kappa shape index (κ1) is 7.46. The topological polar surface area (TPSA) is 86.2 Å². The number of Topliss-reactive ketones (excluding diaryl/α,β-unsaturated/α-hetero) is 1. The molecule has 0 saturated carbocycles. The Hall–Kier alpha value is -1.65. The third-order valence-corrected chi connectivity index (χ3v) is 1.08. The van der Waals surface area contributed by atoms with Gasteiger partial charge in [-0.2, -0.15) is 0 Å². The molecular weight excluding hydrogens is 148 g/mol. The lowest BCUT2D eigenvalue weighted by Crippen LogP contribution is -2.11. The van der Waals surface area contributed by atoms with Crippen molar-refractivity contribution in [3.8, 4) is 0 Å². The molecule has 0 saturated heterocycles. The van der Waals surface area contributed by atoms with Crippen LogP contribution in [0.15, 0.2) is 10.7 Å². The SMILES string of the molecule is CC(=O)c1coc(C(N)=O)n1. The largest absolute Gasteiger partial charge is 0.440 e. The number of nitrogens with two attached hydrogens (primary N) is 1. The summed E-state index contributed by atoms with van der Waals surface area (Å²) in [5, 5.41) is 0.